The van der Waals surface area contributed by atoms with Gasteiger partial charge in [0, 0.05) is 0 Å². The number of halogens is 1. The van der Waals surface area contributed by atoms with Gasteiger partial charge in [-0.1, -0.05) is 0 Å². The van der Waals surface area contributed by atoms with Crippen molar-refractivity contribution < 1.29 is 0 Å². The normalized spacial score (nSPS) is 18.0. The molecule has 0 aromatic heterocycles. The zero-order valence-electron chi connectivity index (χ0n) is 13.0. The second-order valence-corrected chi connectivity index (χ2v) is 8.65. The van der Waals surface area contributed by atoms with Gasteiger partial charge in [0.15, 0.2) is 0 Å². The third kappa shape index (κ3) is 3.04. The summed E-state index contributed by atoms with van der Waals surface area (Å²) in [6, 6.07) is 14.8. The van der Waals surface area contributed by atoms with E-state index in [4.69, 9.17) is 16.6 Å². The minimum absolute atomic E-state index is 0.258. The van der Waals surface area contributed by atoms with Crippen molar-refractivity contribution in [3.63, 3.8) is 0 Å². The summed E-state index contributed by atoms with van der Waals surface area (Å²) in [4.78, 5) is 9.84. The van der Waals surface area contributed by atoms with Crippen LogP contribution in [0.25, 0.3) is 0 Å². The van der Waals surface area contributed by atoms with E-state index in [1.54, 1.807) is 0 Å². The number of piperazine rings is 1. The van der Waals surface area contributed by atoms with E-state index in [1.807, 2.05) is 12.1 Å². The zero-order valence-corrected chi connectivity index (χ0v) is 15.5. The summed E-state index contributed by atoms with van der Waals surface area (Å²) in [5.74, 6) is 1.11. The number of benzene rings is 2. The van der Waals surface area contributed by atoms with Crippen LogP contribution in [-0.2, 0) is 0 Å². The molecule has 5 heteroatoms. The van der Waals surface area contributed by atoms with Gasteiger partial charge >= 0.3 is 148 Å². The number of amidine groups is 1. The molecule has 4 rings (SSSR count). The Morgan fingerprint density at radius 1 is 1.00 bits per heavy atom. The van der Waals surface area contributed by atoms with Crippen molar-refractivity contribution in [2.75, 3.05) is 33.2 Å². The number of hydrogen-bond acceptors (Lipinski definition) is 3. The molecule has 3 nitrogen and oxygen atoms in total. The Morgan fingerprint density at radius 2 is 1.78 bits per heavy atom. The number of likely N-dealkylation sites (N-methyl/N-ethyl adjacent to an activating group) is 1. The first-order valence-electron chi connectivity index (χ1n) is 7.80. The van der Waals surface area contributed by atoms with Crippen LogP contribution < -0.4 is 8.92 Å². The van der Waals surface area contributed by atoms with E-state index in [2.05, 4.69) is 47.2 Å². The van der Waals surface area contributed by atoms with Crippen molar-refractivity contribution in [1.82, 2.24) is 9.80 Å². The second-order valence-electron chi connectivity index (χ2n) is 5.94. The molecule has 0 unspecified atom stereocenters. The maximum absolute atomic E-state index is 6.21. The molecule has 0 saturated carbocycles. The van der Waals surface area contributed by atoms with Gasteiger partial charge in [-0.25, -0.2) is 0 Å². The molecule has 0 bridgehead atoms. The van der Waals surface area contributed by atoms with Gasteiger partial charge in [0.2, 0.25) is 0 Å². The fourth-order valence-corrected chi connectivity index (χ4v) is 5.22. The Labute approximate surface area is 148 Å². The Bertz CT molecular complexity index is 767. The zero-order chi connectivity index (χ0) is 15.8. The quantitative estimate of drug-likeness (QED) is 0.637. The van der Waals surface area contributed by atoms with Gasteiger partial charge in [-0.2, -0.15) is 0 Å². The number of hydrogen-bond donors (Lipinski definition) is 0. The van der Waals surface area contributed by atoms with E-state index in [9.17, 15) is 0 Å². The molecule has 2 aromatic carbocycles. The molecule has 0 N–H and O–H groups in total. The number of nitrogens with zero attached hydrogens (tertiary/aromatic N) is 3. The van der Waals surface area contributed by atoms with Gasteiger partial charge in [0.25, 0.3) is 0 Å². The Morgan fingerprint density at radius 3 is 2.61 bits per heavy atom. The topological polar surface area (TPSA) is 18.8 Å². The molecule has 118 valence electrons. The van der Waals surface area contributed by atoms with Gasteiger partial charge in [-0.15, -0.1) is 0 Å². The van der Waals surface area contributed by atoms with Crippen LogP contribution in [0.1, 0.15) is 5.56 Å². The summed E-state index contributed by atoms with van der Waals surface area (Å²) in [6.07, 6.45) is 0. The molecule has 0 aliphatic carbocycles. The van der Waals surface area contributed by atoms with Gasteiger partial charge in [-0.3, -0.25) is 0 Å². The molecule has 1 saturated heterocycles. The molecule has 0 atom stereocenters. The summed E-state index contributed by atoms with van der Waals surface area (Å²) in [5, 5.41) is 0.756. The van der Waals surface area contributed by atoms with Gasteiger partial charge < -0.3 is 0 Å². The van der Waals surface area contributed by atoms with Crippen LogP contribution in [0.3, 0.4) is 0 Å². The first-order valence-corrected chi connectivity index (χ1v) is 9.89. The van der Waals surface area contributed by atoms with E-state index in [1.165, 1.54) is 14.5 Å². The van der Waals surface area contributed by atoms with Gasteiger partial charge in [0.05, 0.1) is 0 Å². The summed E-state index contributed by atoms with van der Waals surface area (Å²) >= 11 is 6.47. The van der Waals surface area contributed by atoms with Crippen molar-refractivity contribution >= 4 is 47.0 Å². The Kier molecular flexibility index (Phi) is 4.16. The molecule has 2 heterocycles. The third-order valence-corrected chi connectivity index (χ3v) is 6.93. The third-order valence-electron chi connectivity index (χ3n) is 4.30. The van der Waals surface area contributed by atoms with Gasteiger partial charge in [0.1, 0.15) is 0 Å². The standard InChI is InChI=1S/C18H18ClN3Se/c1-21-8-10-22(11-9-21)18-14-4-2-3-5-16(14)23-17-7-6-13(19)12-15(17)20-18/h2-7,12H,8-11H2,1H3. The first-order chi connectivity index (χ1) is 11.2. The van der Waals surface area contributed by atoms with Crippen molar-refractivity contribution in [3.8, 4) is 0 Å². The predicted molar refractivity (Wildman–Crippen MR) is 98.2 cm³/mol. The summed E-state index contributed by atoms with van der Waals surface area (Å²) in [5.41, 5.74) is 2.31. The van der Waals surface area contributed by atoms with Crippen LogP contribution in [0.5, 0.6) is 0 Å². The van der Waals surface area contributed by atoms with Crippen LogP contribution in [0.4, 0.5) is 5.69 Å². The summed E-state index contributed by atoms with van der Waals surface area (Å²) in [6.45, 7) is 4.20. The second kappa shape index (κ2) is 6.29. The molecule has 1 fully saturated rings. The van der Waals surface area contributed by atoms with Crippen LogP contribution >= 0.6 is 11.6 Å². The molecule has 0 amide bonds. The molecule has 0 radical (unpaired) electrons. The van der Waals surface area contributed by atoms with E-state index in [-0.39, 0.29) is 15.0 Å². The predicted octanol–water partition coefficient (Wildman–Crippen LogP) is 1.63. The van der Waals surface area contributed by atoms with E-state index >= 15 is 0 Å². The number of rotatable bonds is 0. The van der Waals surface area contributed by atoms with Crippen LogP contribution in [0.2, 0.25) is 5.02 Å². The number of aliphatic imine (C=N–C) groups is 1. The molecule has 2 aliphatic rings. The SMILES string of the molecule is CN1CCN(C2=Nc3cc(Cl)ccc3[Se]c3ccccc32)CC1. The first kappa shape index (κ1) is 15.2. The van der Waals surface area contributed by atoms with E-state index in [0.29, 0.717) is 0 Å². The van der Waals surface area contributed by atoms with Crippen molar-refractivity contribution in [1.29, 1.82) is 0 Å². The molecule has 2 aromatic rings. The molecular formula is C18H18ClN3Se. The van der Waals surface area contributed by atoms with Crippen LogP contribution in [-0.4, -0.2) is 63.8 Å². The summed E-state index contributed by atoms with van der Waals surface area (Å²) in [7, 11) is 2.18. The van der Waals surface area contributed by atoms with E-state index in [0.717, 1.165) is 42.7 Å². The summed E-state index contributed by atoms with van der Waals surface area (Å²) < 4.78 is 2.71. The minimum atomic E-state index is 0.258. The molecular weight excluding hydrogens is 373 g/mol. The molecule has 0 spiro atoms. The van der Waals surface area contributed by atoms with Crippen molar-refractivity contribution in [2.45, 2.75) is 0 Å². The fraction of sp³-hybridized carbons (Fsp3) is 0.278. The molecule has 23 heavy (non-hydrogen) atoms. The fourth-order valence-electron chi connectivity index (χ4n) is 2.96. The maximum atomic E-state index is 6.21. The Hall–Kier alpha value is -1.32. The number of fused-ring (bicyclic) bond motifs is 2. The van der Waals surface area contributed by atoms with Gasteiger partial charge in [-0.05, 0) is 0 Å². The van der Waals surface area contributed by atoms with Crippen LogP contribution in [0.15, 0.2) is 47.5 Å². The molecule has 2 aliphatic heterocycles. The monoisotopic (exact) mass is 391 g/mol. The average Bonchev–Trinajstić information content (AvgIpc) is 2.72. The van der Waals surface area contributed by atoms with Crippen LogP contribution in [0, 0.1) is 0 Å². The van der Waals surface area contributed by atoms with Crippen molar-refractivity contribution in [2.24, 2.45) is 4.99 Å². The average molecular weight is 391 g/mol. The Balaban J connectivity index is 1.83. The van der Waals surface area contributed by atoms with Crippen molar-refractivity contribution in [3.05, 3.63) is 53.1 Å². The van der Waals surface area contributed by atoms with E-state index < -0.39 is 0 Å².